The Morgan fingerprint density at radius 1 is 1.25 bits per heavy atom. The van der Waals surface area contributed by atoms with Crippen LogP contribution < -0.4 is 34.7 Å². The van der Waals surface area contributed by atoms with Gasteiger partial charge in [0.25, 0.3) is 0 Å². The average Bonchev–Trinajstić information content (AvgIpc) is 2.17. The van der Waals surface area contributed by atoms with E-state index in [1.807, 2.05) is 0 Å². The minimum Gasteiger partial charge on any atom is -0.547 e. The van der Waals surface area contributed by atoms with Crippen LogP contribution in [0.2, 0.25) is 0 Å². The first-order valence-corrected chi connectivity index (χ1v) is 2.94. The smallest absolute Gasteiger partial charge is 0.547 e. The molecule has 0 aliphatic carbocycles. The van der Waals surface area contributed by atoms with Gasteiger partial charge in [0.15, 0.2) is 6.29 Å². The third-order valence-corrected chi connectivity index (χ3v) is 1.47. The molecular weight excluding hydrogens is 179 g/mol. The fourth-order valence-corrected chi connectivity index (χ4v) is 0.854. The van der Waals surface area contributed by atoms with E-state index in [1.165, 1.54) is 0 Å². The van der Waals surface area contributed by atoms with Gasteiger partial charge in [0.05, 0.1) is 5.97 Å². The van der Waals surface area contributed by atoms with E-state index < -0.39 is 30.6 Å². The zero-order valence-electron chi connectivity index (χ0n) is 6.38. The second kappa shape index (κ2) is 4.52. The van der Waals surface area contributed by atoms with Gasteiger partial charge in [-0.1, -0.05) is 0 Å². The fraction of sp³-hybridized carbons (Fsp3) is 0.800. The average molecular weight is 186 g/mol. The Bertz CT molecular complexity index is 173. The number of rotatable bonds is 1. The van der Waals surface area contributed by atoms with Crippen LogP contribution in [0.5, 0.6) is 0 Å². The predicted molar refractivity (Wildman–Crippen MR) is 27.9 cm³/mol. The van der Waals surface area contributed by atoms with Crippen molar-refractivity contribution in [3.63, 3.8) is 0 Å². The zero-order chi connectivity index (χ0) is 8.59. The molecule has 12 heavy (non-hydrogen) atoms. The van der Waals surface area contributed by atoms with E-state index in [2.05, 4.69) is 4.74 Å². The molecule has 0 aromatic carbocycles. The zero-order valence-corrected chi connectivity index (χ0v) is 8.38. The van der Waals surface area contributed by atoms with Crippen molar-refractivity contribution in [2.45, 2.75) is 24.6 Å². The Morgan fingerprint density at radius 3 is 1.92 bits per heavy atom. The van der Waals surface area contributed by atoms with Gasteiger partial charge in [-0.05, 0) is 0 Å². The van der Waals surface area contributed by atoms with Crippen LogP contribution in [0.15, 0.2) is 0 Å². The van der Waals surface area contributed by atoms with E-state index in [0.29, 0.717) is 0 Å². The van der Waals surface area contributed by atoms with Crippen molar-refractivity contribution in [2.24, 2.45) is 0 Å². The maximum atomic E-state index is 10.1. The topological polar surface area (TPSA) is 110 Å². The van der Waals surface area contributed by atoms with Crippen LogP contribution in [0.3, 0.4) is 0 Å². The molecule has 7 heteroatoms. The summed E-state index contributed by atoms with van der Waals surface area (Å²) in [6, 6.07) is 0. The van der Waals surface area contributed by atoms with Crippen LogP contribution in [0, 0.1) is 0 Å². The van der Waals surface area contributed by atoms with E-state index >= 15 is 0 Å². The van der Waals surface area contributed by atoms with Crippen LogP contribution in [-0.4, -0.2) is 45.9 Å². The molecular formula is C5H7NaO6. The predicted octanol–water partition coefficient (Wildman–Crippen LogP) is -6.82. The SMILES string of the molecule is O=C([O-])[C@H]1OC(O)[C@@H](O)[C@@H]1O.[Na+]. The third-order valence-electron chi connectivity index (χ3n) is 1.47. The molecule has 0 amide bonds. The van der Waals surface area contributed by atoms with Crippen molar-refractivity contribution in [2.75, 3.05) is 0 Å². The van der Waals surface area contributed by atoms with Crippen molar-refractivity contribution in [3.05, 3.63) is 0 Å². The summed E-state index contributed by atoms with van der Waals surface area (Å²) >= 11 is 0. The van der Waals surface area contributed by atoms with Gasteiger partial charge in [0.2, 0.25) is 0 Å². The van der Waals surface area contributed by atoms with Crippen molar-refractivity contribution in [1.82, 2.24) is 0 Å². The van der Waals surface area contributed by atoms with Crippen molar-refractivity contribution < 1.29 is 59.5 Å². The molecule has 1 unspecified atom stereocenters. The summed E-state index contributed by atoms with van der Waals surface area (Å²) in [5.74, 6) is -1.66. The number of carboxylic acid groups (broad SMARTS) is 1. The number of carbonyl (C=O) groups excluding carboxylic acids is 1. The normalized spacial score (nSPS) is 40.6. The summed E-state index contributed by atoms with van der Waals surface area (Å²) in [5.41, 5.74) is 0. The van der Waals surface area contributed by atoms with Gasteiger partial charge >= 0.3 is 29.6 Å². The van der Waals surface area contributed by atoms with Crippen molar-refractivity contribution in [1.29, 1.82) is 0 Å². The van der Waals surface area contributed by atoms with Crippen molar-refractivity contribution >= 4 is 5.97 Å². The molecule has 0 radical (unpaired) electrons. The molecule has 64 valence electrons. The Hall–Kier alpha value is 0.310. The van der Waals surface area contributed by atoms with Gasteiger partial charge < -0.3 is 30.0 Å². The minimum absolute atomic E-state index is 0. The van der Waals surface area contributed by atoms with Gasteiger partial charge in [-0.25, -0.2) is 0 Å². The molecule has 1 aliphatic rings. The Morgan fingerprint density at radius 2 is 1.75 bits per heavy atom. The van der Waals surface area contributed by atoms with Gasteiger partial charge in [0, 0.05) is 0 Å². The number of aliphatic hydroxyl groups is 3. The molecule has 1 saturated heterocycles. The molecule has 0 aromatic rings. The minimum atomic E-state index is -1.66. The Kier molecular flexibility index (Phi) is 4.64. The van der Waals surface area contributed by atoms with Crippen molar-refractivity contribution in [3.8, 4) is 0 Å². The number of hydrogen-bond donors (Lipinski definition) is 3. The standard InChI is InChI=1S/C5H8O6.Na/c6-1-2(7)5(10)11-3(1)4(8)9;/h1-3,5-7,10H,(H,8,9);/q;+1/p-1/t1-,2-,3-,5?;/m0./s1. The second-order valence-electron chi connectivity index (χ2n) is 2.25. The number of aliphatic hydroxyl groups excluding tert-OH is 3. The first-order valence-electron chi connectivity index (χ1n) is 2.94. The summed E-state index contributed by atoms with van der Waals surface area (Å²) in [6.07, 6.45) is -6.53. The van der Waals surface area contributed by atoms with E-state index in [1.54, 1.807) is 0 Å². The van der Waals surface area contributed by atoms with E-state index in [-0.39, 0.29) is 29.6 Å². The summed E-state index contributed by atoms with van der Waals surface area (Å²) < 4.78 is 4.24. The molecule has 1 aliphatic heterocycles. The van der Waals surface area contributed by atoms with Crippen LogP contribution in [-0.2, 0) is 9.53 Å². The molecule has 0 saturated carbocycles. The molecule has 0 spiro atoms. The van der Waals surface area contributed by atoms with Gasteiger partial charge in [-0.2, -0.15) is 0 Å². The molecule has 6 nitrogen and oxygen atoms in total. The van der Waals surface area contributed by atoms with Gasteiger partial charge in [0.1, 0.15) is 18.3 Å². The fourth-order valence-electron chi connectivity index (χ4n) is 0.854. The van der Waals surface area contributed by atoms with Crippen LogP contribution >= 0.6 is 0 Å². The summed E-state index contributed by atoms with van der Waals surface area (Å²) in [4.78, 5) is 10.1. The molecule has 0 bridgehead atoms. The van der Waals surface area contributed by atoms with E-state index in [4.69, 9.17) is 15.3 Å². The molecule has 0 aromatic heterocycles. The molecule has 3 N–H and O–H groups in total. The van der Waals surface area contributed by atoms with E-state index in [9.17, 15) is 9.90 Å². The Labute approximate surface area is 90.1 Å². The summed E-state index contributed by atoms with van der Waals surface area (Å²) in [6.45, 7) is 0. The van der Waals surface area contributed by atoms with Gasteiger partial charge in [-0.3, -0.25) is 0 Å². The largest absolute Gasteiger partial charge is 1.00 e. The second-order valence-corrected chi connectivity index (χ2v) is 2.25. The maximum absolute atomic E-state index is 10.1. The van der Waals surface area contributed by atoms with Crippen LogP contribution in [0.1, 0.15) is 0 Å². The van der Waals surface area contributed by atoms with Crippen LogP contribution in [0.25, 0.3) is 0 Å². The molecule has 4 atom stereocenters. The van der Waals surface area contributed by atoms with Gasteiger partial charge in [-0.15, -0.1) is 0 Å². The number of carboxylic acids is 1. The quantitative estimate of drug-likeness (QED) is 0.351. The van der Waals surface area contributed by atoms with E-state index in [0.717, 1.165) is 0 Å². The monoisotopic (exact) mass is 186 g/mol. The van der Waals surface area contributed by atoms with Crippen LogP contribution in [0.4, 0.5) is 0 Å². The molecule has 1 heterocycles. The number of ether oxygens (including phenoxy) is 1. The first-order chi connectivity index (χ1) is 5.04. The Balaban J connectivity index is 0.00000121. The summed E-state index contributed by atoms with van der Waals surface area (Å²) in [5, 5.41) is 36.4. The number of aliphatic carboxylic acids is 1. The number of carbonyl (C=O) groups is 1. The molecule has 1 fully saturated rings. The number of hydrogen-bond acceptors (Lipinski definition) is 6. The first kappa shape index (κ1) is 12.3. The third kappa shape index (κ3) is 2.17. The molecule has 1 rings (SSSR count). The summed E-state index contributed by atoms with van der Waals surface area (Å²) in [7, 11) is 0. The maximum Gasteiger partial charge on any atom is 1.00 e.